The van der Waals surface area contributed by atoms with Crippen LogP contribution in [0, 0.1) is 5.82 Å². The molecule has 32 heavy (non-hydrogen) atoms. The van der Waals surface area contributed by atoms with Gasteiger partial charge in [0.05, 0.1) is 10.4 Å². The van der Waals surface area contributed by atoms with Crippen LogP contribution in [-0.2, 0) is 26.9 Å². The van der Waals surface area contributed by atoms with Gasteiger partial charge in [-0.15, -0.1) is 11.3 Å². The SMILES string of the molecule is Cn1c(=O)oc2cc(S(=O)(=O)NC[C@H](c3ccc(F)cc3)S(=O)(=O)c3cccs3)ccc21. The number of oxazole rings is 1. The average molecular weight is 497 g/mol. The van der Waals surface area contributed by atoms with Crippen molar-refractivity contribution >= 4 is 42.3 Å². The smallest absolute Gasteiger partial charge is 0.408 e. The molecule has 0 bridgehead atoms. The fourth-order valence-corrected chi connectivity index (χ4v) is 7.23. The van der Waals surface area contributed by atoms with Crippen molar-refractivity contribution in [1.82, 2.24) is 9.29 Å². The van der Waals surface area contributed by atoms with Gasteiger partial charge in [-0.05, 0) is 41.3 Å². The van der Waals surface area contributed by atoms with Gasteiger partial charge in [0.25, 0.3) is 0 Å². The summed E-state index contributed by atoms with van der Waals surface area (Å²) >= 11 is 1.01. The van der Waals surface area contributed by atoms with E-state index in [-0.39, 0.29) is 20.3 Å². The third kappa shape index (κ3) is 4.13. The number of thiophene rings is 1. The number of aromatic nitrogens is 1. The first kappa shape index (κ1) is 22.4. The third-order valence-electron chi connectivity index (χ3n) is 4.92. The molecule has 0 fully saturated rings. The highest BCUT2D eigenvalue weighted by atomic mass is 32.2. The van der Waals surface area contributed by atoms with Gasteiger partial charge >= 0.3 is 5.76 Å². The van der Waals surface area contributed by atoms with Crippen molar-refractivity contribution in [3.63, 3.8) is 0 Å². The van der Waals surface area contributed by atoms with Crippen LogP contribution >= 0.6 is 11.3 Å². The first-order valence-electron chi connectivity index (χ1n) is 9.22. The molecule has 4 rings (SSSR count). The van der Waals surface area contributed by atoms with Crippen molar-refractivity contribution in [3.8, 4) is 0 Å². The van der Waals surface area contributed by atoms with Crippen LogP contribution in [0.2, 0.25) is 0 Å². The van der Waals surface area contributed by atoms with E-state index in [1.54, 1.807) is 11.4 Å². The summed E-state index contributed by atoms with van der Waals surface area (Å²) in [6.07, 6.45) is 0. The summed E-state index contributed by atoms with van der Waals surface area (Å²) in [5.41, 5.74) is 0.743. The predicted molar refractivity (Wildman–Crippen MR) is 117 cm³/mol. The Morgan fingerprint density at radius 1 is 1.09 bits per heavy atom. The van der Waals surface area contributed by atoms with E-state index < -0.39 is 43.2 Å². The number of nitrogens with one attached hydrogen (secondary N) is 1. The van der Waals surface area contributed by atoms with Gasteiger partial charge in [0.2, 0.25) is 10.0 Å². The number of sulfone groups is 1. The zero-order chi connectivity index (χ0) is 23.1. The Morgan fingerprint density at radius 2 is 1.81 bits per heavy atom. The Morgan fingerprint density at radius 3 is 2.47 bits per heavy atom. The number of benzene rings is 2. The van der Waals surface area contributed by atoms with E-state index in [2.05, 4.69) is 4.72 Å². The molecule has 1 atom stereocenters. The van der Waals surface area contributed by atoms with Crippen molar-refractivity contribution in [2.45, 2.75) is 14.4 Å². The van der Waals surface area contributed by atoms with Crippen molar-refractivity contribution in [1.29, 1.82) is 0 Å². The van der Waals surface area contributed by atoms with Crippen LogP contribution in [0.15, 0.2) is 78.3 Å². The Hall–Kier alpha value is -2.80. The Balaban J connectivity index is 1.68. The lowest BCUT2D eigenvalue weighted by molar-refractivity contribution is 0.527. The maximum absolute atomic E-state index is 13.4. The molecular formula is C20H17FN2O6S3. The number of halogens is 1. The van der Waals surface area contributed by atoms with Crippen LogP contribution in [-0.4, -0.2) is 27.9 Å². The van der Waals surface area contributed by atoms with E-state index in [0.717, 1.165) is 23.5 Å². The number of fused-ring (bicyclic) bond motifs is 1. The number of sulfonamides is 1. The molecule has 2 aromatic carbocycles. The largest absolute Gasteiger partial charge is 0.419 e. The van der Waals surface area contributed by atoms with Gasteiger partial charge in [-0.2, -0.15) is 0 Å². The van der Waals surface area contributed by atoms with Gasteiger partial charge in [-0.1, -0.05) is 18.2 Å². The van der Waals surface area contributed by atoms with Gasteiger partial charge in [0, 0.05) is 19.7 Å². The van der Waals surface area contributed by atoms with E-state index >= 15 is 0 Å². The fraction of sp³-hybridized carbons (Fsp3) is 0.150. The Labute approximate surface area is 186 Å². The molecule has 0 saturated carbocycles. The molecule has 1 N–H and O–H groups in total. The molecular weight excluding hydrogens is 479 g/mol. The summed E-state index contributed by atoms with van der Waals surface area (Å²) in [6.45, 7) is -0.481. The molecule has 0 aliphatic carbocycles. The molecule has 12 heteroatoms. The van der Waals surface area contributed by atoms with Crippen LogP contribution in [0.5, 0.6) is 0 Å². The van der Waals surface area contributed by atoms with Gasteiger partial charge < -0.3 is 4.42 Å². The highest BCUT2D eigenvalue weighted by molar-refractivity contribution is 7.93. The molecule has 0 spiro atoms. The van der Waals surface area contributed by atoms with Crippen molar-refractivity contribution in [3.05, 3.63) is 81.9 Å². The van der Waals surface area contributed by atoms with E-state index in [1.165, 1.54) is 48.0 Å². The van der Waals surface area contributed by atoms with E-state index in [9.17, 15) is 26.0 Å². The zero-order valence-electron chi connectivity index (χ0n) is 16.6. The molecule has 0 aliphatic heterocycles. The van der Waals surface area contributed by atoms with Crippen LogP contribution in [0.4, 0.5) is 4.39 Å². The topological polar surface area (TPSA) is 115 Å². The number of rotatable bonds is 7. The molecule has 168 valence electrons. The second kappa shape index (κ2) is 8.28. The van der Waals surface area contributed by atoms with Gasteiger partial charge in [0.1, 0.15) is 15.3 Å². The molecule has 0 amide bonds. The molecule has 4 aromatic rings. The maximum atomic E-state index is 13.4. The standard InChI is InChI=1S/C20H17FN2O6S3/c1-23-16-9-8-15(11-17(16)29-20(23)24)32(27,28)22-12-18(13-4-6-14(21)7-5-13)31(25,26)19-3-2-10-30-19/h2-11,18,22H,12H2,1H3/t18-/m1/s1. The number of hydrogen-bond donors (Lipinski definition) is 1. The minimum atomic E-state index is -4.15. The molecule has 0 unspecified atom stereocenters. The molecule has 0 radical (unpaired) electrons. The van der Waals surface area contributed by atoms with Crippen LogP contribution < -0.4 is 10.5 Å². The lowest BCUT2D eigenvalue weighted by Crippen LogP contribution is -2.31. The second-order valence-corrected chi connectivity index (χ2v) is 12.0. The van der Waals surface area contributed by atoms with Gasteiger partial charge in [0.15, 0.2) is 15.4 Å². The second-order valence-electron chi connectivity index (χ2n) is 6.93. The third-order valence-corrected chi connectivity index (χ3v) is 9.88. The van der Waals surface area contributed by atoms with Crippen LogP contribution in [0.1, 0.15) is 10.8 Å². The molecule has 0 saturated heterocycles. The van der Waals surface area contributed by atoms with E-state index in [4.69, 9.17) is 4.42 Å². The number of aryl methyl sites for hydroxylation is 1. The number of hydrogen-bond acceptors (Lipinski definition) is 7. The first-order valence-corrected chi connectivity index (χ1v) is 13.1. The molecule has 0 aliphatic rings. The Bertz CT molecular complexity index is 1540. The predicted octanol–water partition coefficient (Wildman–Crippen LogP) is 2.83. The maximum Gasteiger partial charge on any atom is 0.419 e. The van der Waals surface area contributed by atoms with Gasteiger partial charge in [-0.3, -0.25) is 4.57 Å². The summed E-state index contributed by atoms with van der Waals surface area (Å²) in [7, 11) is -6.62. The van der Waals surface area contributed by atoms with E-state index in [1.807, 2.05) is 0 Å². The van der Waals surface area contributed by atoms with Crippen molar-refractivity contribution in [2.75, 3.05) is 6.54 Å². The van der Waals surface area contributed by atoms with Crippen molar-refractivity contribution < 1.29 is 25.6 Å². The number of nitrogens with zero attached hydrogens (tertiary/aromatic N) is 1. The zero-order valence-corrected chi connectivity index (χ0v) is 19.0. The van der Waals surface area contributed by atoms with E-state index in [0.29, 0.717) is 5.52 Å². The lowest BCUT2D eigenvalue weighted by atomic mass is 10.1. The van der Waals surface area contributed by atoms with Gasteiger partial charge in [-0.25, -0.2) is 30.7 Å². The first-order chi connectivity index (χ1) is 15.1. The summed E-state index contributed by atoms with van der Waals surface area (Å²) in [4.78, 5) is 11.5. The Kier molecular flexibility index (Phi) is 5.79. The summed E-state index contributed by atoms with van der Waals surface area (Å²) in [6, 6.07) is 11.8. The normalized spacial score (nSPS) is 13.4. The van der Waals surface area contributed by atoms with Crippen molar-refractivity contribution in [2.24, 2.45) is 7.05 Å². The quantitative estimate of drug-likeness (QED) is 0.421. The highest BCUT2D eigenvalue weighted by Crippen LogP contribution is 2.31. The lowest BCUT2D eigenvalue weighted by Gasteiger charge is -2.18. The molecule has 8 nitrogen and oxygen atoms in total. The van der Waals surface area contributed by atoms with Crippen LogP contribution in [0.3, 0.4) is 0 Å². The molecule has 2 aromatic heterocycles. The summed E-state index contributed by atoms with van der Waals surface area (Å²) < 4.78 is 74.1. The fourth-order valence-electron chi connectivity index (χ4n) is 3.20. The molecule has 2 heterocycles. The highest BCUT2D eigenvalue weighted by Gasteiger charge is 2.31. The minimum absolute atomic E-state index is 0.0681. The summed E-state index contributed by atoms with van der Waals surface area (Å²) in [5, 5.41) is 0.316. The minimum Gasteiger partial charge on any atom is -0.408 e. The average Bonchev–Trinajstić information content (AvgIpc) is 3.38. The monoisotopic (exact) mass is 496 g/mol. The van der Waals surface area contributed by atoms with Crippen LogP contribution in [0.25, 0.3) is 11.1 Å². The summed E-state index contributed by atoms with van der Waals surface area (Å²) in [5.74, 6) is -1.18.